The number of carbonyl (C=O) groups excluding carboxylic acids is 1. The number of methoxy groups -OCH3 is 2. The molecule has 0 aliphatic carbocycles. The van der Waals surface area contributed by atoms with Gasteiger partial charge in [-0.15, -0.1) is 5.10 Å². The topological polar surface area (TPSA) is 81.5 Å². The first kappa shape index (κ1) is 21.7. The Labute approximate surface area is 180 Å². The van der Waals surface area contributed by atoms with E-state index in [0.29, 0.717) is 29.7 Å². The van der Waals surface area contributed by atoms with Crippen LogP contribution in [0.15, 0.2) is 52.7 Å². The molecule has 0 radical (unpaired) electrons. The number of thioether (sulfide) groups is 1. The van der Waals surface area contributed by atoms with Gasteiger partial charge in [0.25, 0.3) is 0 Å². The SMILES string of the molecule is CCCOc1ccc(/C=N/N=C2/NC(=O)C(Cc3cccc(OC)c3)S2)cc1OC. The van der Waals surface area contributed by atoms with E-state index in [1.165, 1.54) is 11.8 Å². The fraction of sp³-hybridized carbons (Fsp3) is 0.318. The number of hydrogen-bond acceptors (Lipinski definition) is 7. The van der Waals surface area contributed by atoms with Gasteiger partial charge in [0.15, 0.2) is 16.7 Å². The van der Waals surface area contributed by atoms with Crippen LogP contribution in [-0.4, -0.2) is 43.4 Å². The van der Waals surface area contributed by atoms with Gasteiger partial charge in [-0.3, -0.25) is 4.79 Å². The molecule has 7 nitrogen and oxygen atoms in total. The molecule has 0 saturated carbocycles. The molecular weight excluding hydrogens is 402 g/mol. The summed E-state index contributed by atoms with van der Waals surface area (Å²) in [6.07, 6.45) is 3.13. The summed E-state index contributed by atoms with van der Waals surface area (Å²) in [6, 6.07) is 13.3. The summed E-state index contributed by atoms with van der Waals surface area (Å²) in [6.45, 7) is 2.68. The monoisotopic (exact) mass is 427 g/mol. The van der Waals surface area contributed by atoms with Crippen LogP contribution < -0.4 is 19.5 Å². The second-order valence-corrected chi connectivity index (χ2v) is 7.75. The van der Waals surface area contributed by atoms with Gasteiger partial charge in [0.2, 0.25) is 5.91 Å². The second kappa shape index (κ2) is 10.7. The maximum Gasteiger partial charge on any atom is 0.239 e. The molecule has 1 aliphatic heterocycles. The zero-order valence-electron chi connectivity index (χ0n) is 17.3. The Morgan fingerprint density at radius 2 is 2.00 bits per heavy atom. The minimum absolute atomic E-state index is 0.0733. The largest absolute Gasteiger partial charge is 0.497 e. The molecule has 3 rings (SSSR count). The predicted octanol–water partition coefficient (Wildman–Crippen LogP) is 3.66. The van der Waals surface area contributed by atoms with Crippen molar-refractivity contribution in [3.05, 3.63) is 53.6 Å². The molecule has 158 valence electrons. The number of rotatable bonds is 9. The summed E-state index contributed by atoms with van der Waals surface area (Å²) in [5.74, 6) is 2.04. The Kier molecular flexibility index (Phi) is 7.73. The fourth-order valence-electron chi connectivity index (χ4n) is 2.84. The first-order valence-corrected chi connectivity index (χ1v) is 10.5. The molecule has 1 saturated heterocycles. The lowest BCUT2D eigenvalue weighted by Crippen LogP contribution is -2.25. The number of carbonyl (C=O) groups is 1. The maximum absolute atomic E-state index is 12.3. The summed E-state index contributed by atoms with van der Waals surface area (Å²) in [4.78, 5) is 12.3. The number of amides is 1. The minimum Gasteiger partial charge on any atom is -0.497 e. The lowest BCUT2D eigenvalue weighted by atomic mass is 10.1. The molecule has 0 aromatic heterocycles. The van der Waals surface area contributed by atoms with E-state index >= 15 is 0 Å². The molecule has 8 heteroatoms. The lowest BCUT2D eigenvalue weighted by Gasteiger charge is -2.10. The zero-order chi connectivity index (χ0) is 21.3. The Bertz CT molecular complexity index is 946. The van der Waals surface area contributed by atoms with Crippen molar-refractivity contribution in [3.8, 4) is 17.2 Å². The van der Waals surface area contributed by atoms with E-state index < -0.39 is 0 Å². The molecule has 0 bridgehead atoms. The van der Waals surface area contributed by atoms with E-state index in [2.05, 4.69) is 15.5 Å². The van der Waals surface area contributed by atoms with Crippen LogP contribution in [0.4, 0.5) is 0 Å². The number of nitrogens with one attached hydrogen (secondary N) is 1. The quantitative estimate of drug-likeness (QED) is 0.488. The number of ether oxygens (including phenoxy) is 3. The van der Waals surface area contributed by atoms with Gasteiger partial charge in [-0.1, -0.05) is 30.8 Å². The molecule has 1 N–H and O–H groups in total. The van der Waals surface area contributed by atoms with Crippen molar-refractivity contribution in [3.63, 3.8) is 0 Å². The Morgan fingerprint density at radius 1 is 1.13 bits per heavy atom. The molecule has 1 atom stereocenters. The average Bonchev–Trinajstić information content (AvgIpc) is 3.11. The van der Waals surface area contributed by atoms with E-state index in [1.54, 1.807) is 20.4 Å². The van der Waals surface area contributed by atoms with Crippen LogP contribution in [0.1, 0.15) is 24.5 Å². The molecule has 0 spiro atoms. The van der Waals surface area contributed by atoms with Crippen LogP contribution >= 0.6 is 11.8 Å². The Hall–Kier alpha value is -3.00. The molecule has 1 fully saturated rings. The Balaban J connectivity index is 1.62. The third kappa shape index (κ3) is 5.76. The highest BCUT2D eigenvalue weighted by Gasteiger charge is 2.30. The molecule has 2 aromatic carbocycles. The van der Waals surface area contributed by atoms with Crippen molar-refractivity contribution in [1.82, 2.24) is 5.32 Å². The number of hydrogen-bond donors (Lipinski definition) is 1. The van der Waals surface area contributed by atoms with Gasteiger partial charge >= 0.3 is 0 Å². The highest BCUT2D eigenvalue weighted by Crippen LogP contribution is 2.28. The van der Waals surface area contributed by atoms with Crippen molar-refractivity contribution in [2.24, 2.45) is 10.2 Å². The van der Waals surface area contributed by atoms with E-state index in [1.807, 2.05) is 49.4 Å². The molecule has 30 heavy (non-hydrogen) atoms. The van der Waals surface area contributed by atoms with Crippen molar-refractivity contribution >= 4 is 29.1 Å². The van der Waals surface area contributed by atoms with Crippen molar-refractivity contribution < 1.29 is 19.0 Å². The van der Waals surface area contributed by atoms with Crippen LogP contribution in [0.5, 0.6) is 17.2 Å². The summed E-state index contributed by atoms with van der Waals surface area (Å²) in [5, 5.41) is 11.3. The van der Waals surface area contributed by atoms with E-state index in [4.69, 9.17) is 14.2 Å². The minimum atomic E-state index is -0.249. The molecule has 1 amide bonds. The van der Waals surface area contributed by atoms with Gasteiger partial charge in [0, 0.05) is 0 Å². The third-order valence-electron chi connectivity index (χ3n) is 4.34. The Morgan fingerprint density at radius 3 is 2.77 bits per heavy atom. The van der Waals surface area contributed by atoms with Gasteiger partial charge in [0.1, 0.15) is 5.75 Å². The lowest BCUT2D eigenvalue weighted by molar-refractivity contribution is -0.118. The van der Waals surface area contributed by atoms with Crippen molar-refractivity contribution in [1.29, 1.82) is 0 Å². The number of nitrogens with zero attached hydrogens (tertiary/aromatic N) is 2. The molecular formula is C22H25N3O4S. The molecule has 2 aromatic rings. The predicted molar refractivity (Wildman–Crippen MR) is 120 cm³/mol. The first-order chi connectivity index (χ1) is 14.6. The van der Waals surface area contributed by atoms with Crippen LogP contribution in [0.3, 0.4) is 0 Å². The fourth-order valence-corrected chi connectivity index (χ4v) is 3.81. The van der Waals surface area contributed by atoms with Crippen LogP contribution in [0.2, 0.25) is 0 Å². The van der Waals surface area contributed by atoms with E-state index in [0.717, 1.165) is 23.3 Å². The zero-order valence-corrected chi connectivity index (χ0v) is 18.1. The van der Waals surface area contributed by atoms with Crippen LogP contribution in [0.25, 0.3) is 0 Å². The standard InChI is InChI=1S/C22H25N3O4S/c1-4-10-29-18-9-8-16(12-19(18)28-3)14-23-25-22-24-21(26)20(30-22)13-15-6-5-7-17(11-15)27-2/h5-9,11-12,14,20H,4,10,13H2,1-3H3,(H,24,25,26)/b23-14+. The highest BCUT2D eigenvalue weighted by molar-refractivity contribution is 8.15. The summed E-state index contributed by atoms with van der Waals surface area (Å²) in [7, 11) is 3.22. The van der Waals surface area contributed by atoms with E-state index in [9.17, 15) is 4.79 Å². The second-order valence-electron chi connectivity index (χ2n) is 6.56. The van der Waals surface area contributed by atoms with Crippen LogP contribution in [-0.2, 0) is 11.2 Å². The first-order valence-electron chi connectivity index (χ1n) is 9.65. The maximum atomic E-state index is 12.3. The average molecular weight is 428 g/mol. The van der Waals surface area contributed by atoms with Crippen LogP contribution in [0, 0.1) is 0 Å². The molecule has 1 heterocycles. The van der Waals surface area contributed by atoms with Gasteiger partial charge in [-0.2, -0.15) is 5.10 Å². The normalized spacial score (nSPS) is 17.4. The number of amidine groups is 1. The van der Waals surface area contributed by atoms with E-state index in [-0.39, 0.29) is 11.2 Å². The number of benzene rings is 2. The third-order valence-corrected chi connectivity index (χ3v) is 5.41. The van der Waals surface area contributed by atoms with Gasteiger partial charge in [-0.25, -0.2) is 0 Å². The molecule has 1 aliphatic rings. The smallest absolute Gasteiger partial charge is 0.239 e. The summed E-state index contributed by atoms with van der Waals surface area (Å²) in [5.41, 5.74) is 1.85. The highest BCUT2D eigenvalue weighted by atomic mass is 32.2. The summed E-state index contributed by atoms with van der Waals surface area (Å²) < 4.78 is 16.3. The summed E-state index contributed by atoms with van der Waals surface area (Å²) >= 11 is 1.37. The van der Waals surface area contributed by atoms with Gasteiger partial charge < -0.3 is 19.5 Å². The van der Waals surface area contributed by atoms with Crippen molar-refractivity contribution in [2.45, 2.75) is 25.0 Å². The van der Waals surface area contributed by atoms with Crippen molar-refractivity contribution in [2.75, 3.05) is 20.8 Å². The van der Waals surface area contributed by atoms with Gasteiger partial charge in [-0.05, 0) is 54.3 Å². The van der Waals surface area contributed by atoms with Gasteiger partial charge in [0.05, 0.1) is 32.3 Å². The molecule has 1 unspecified atom stereocenters.